The molecule has 11 rings (SSSR count). The molecule has 0 aliphatic carbocycles. The molecule has 59 heavy (non-hydrogen) atoms. The molecule has 0 aliphatic rings. The van der Waals surface area contributed by atoms with E-state index in [4.69, 9.17) is 9.97 Å². The minimum Gasteiger partial charge on any atom is -0.327 e. The van der Waals surface area contributed by atoms with E-state index in [1.54, 1.807) is 0 Å². The third kappa shape index (κ3) is 6.19. The normalized spacial score (nSPS) is 11.5. The number of hydrogen-bond donors (Lipinski definition) is 0. The Morgan fingerprint density at radius 2 is 0.881 bits per heavy atom. The summed E-state index contributed by atoms with van der Waals surface area (Å²) >= 11 is 0. The highest BCUT2D eigenvalue weighted by molar-refractivity contribution is 6.10. The lowest BCUT2D eigenvalue weighted by Crippen LogP contribution is -1.97. The molecule has 278 valence electrons. The molecule has 0 saturated carbocycles. The molecule has 0 aliphatic heterocycles. The summed E-state index contributed by atoms with van der Waals surface area (Å²) in [4.78, 5) is 10.0. The van der Waals surface area contributed by atoms with Crippen LogP contribution in [-0.4, -0.2) is 19.1 Å². The summed E-state index contributed by atoms with van der Waals surface area (Å²) in [5, 5.41) is 2.40. The average molecular weight is 755 g/mol. The Hall–Kier alpha value is -7.82. The van der Waals surface area contributed by atoms with E-state index in [0.29, 0.717) is 0 Å². The molecule has 11 aromatic rings. The summed E-state index contributed by atoms with van der Waals surface area (Å²) in [6.07, 6.45) is 1.87. The molecular formula is C55H38N4. The van der Waals surface area contributed by atoms with Crippen LogP contribution in [-0.2, 0) is 7.05 Å². The lowest BCUT2D eigenvalue weighted by molar-refractivity contribution is 0.959. The fraction of sp³-hybridized carbons (Fsp3) is 0.0182. The number of para-hydroxylation sites is 1. The summed E-state index contributed by atoms with van der Waals surface area (Å²) in [6, 6.07) is 73.8. The van der Waals surface area contributed by atoms with Gasteiger partial charge in [0.1, 0.15) is 5.82 Å². The zero-order valence-corrected chi connectivity index (χ0v) is 32.5. The van der Waals surface area contributed by atoms with Crippen LogP contribution in [0.1, 0.15) is 0 Å². The number of hydrogen-bond acceptors (Lipinski definition) is 2. The first kappa shape index (κ1) is 34.4. The van der Waals surface area contributed by atoms with Crippen LogP contribution in [0.5, 0.6) is 0 Å². The highest BCUT2D eigenvalue weighted by Gasteiger charge is 2.18. The molecule has 0 amide bonds. The quantitative estimate of drug-likeness (QED) is 0.162. The maximum atomic E-state index is 5.22. The van der Waals surface area contributed by atoms with Gasteiger partial charge in [0.05, 0.1) is 27.8 Å². The van der Waals surface area contributed by atoms with E-state index < -0.39 is 0 Å². The van der Waals surface area contributed by atoms with E-state index in [0.717, 1.165) is 61.5 Å². The molecular weight excluding hydrogens is 717 g/mol. The van der Waals surface area contributed by atoms with Gasteiger partial charge in [-0.25, -0.2) is 4.98 Å². The number of pyridine rings is 1. The summed E-state index contributed by atoms with van der Waals surface area (Å²) in [5.74, 6) is 0.928. The second-order valence-electron chi connectivity index (χ2n) is 15.2. The smallest absolute Gasteiger partial charge is 0.140 e. The summed E-state index contributed by atoms with van der Waals surface area (Å²) < 4.78 is 4.63. The second-order valence-corrected chi connectivity index (χ2v) is 15.2. The zero-order chi connectivity index (χ0) is 39.3. The first-order valence-electron chi connectivity index (χ1n) is 20.0. The van der Waals surface area contributed by atoms with E-state index in [1.165, 1.54) is 44.2 Å². The first-order valence-corrected chi connectivity index (χ1v) is 20.0. The van der Waals surface area contributed by atoms with Crippen molar-refractivity contribution in [3.63, 3.8) is 0 Å². The van der Waals surface area contributed by atoms with E-state index in [9.17, 15) is 0 Å². The molecule has 0 N–H and O–H groups in total. The third-order valence-corrected chi connectivity index (χ3v) is 11.6. The predicted molar refractivity (Wildman–Crippen MR) is 245 cm³/mol. The van der Waals surface area contributed by atoms with Gasteiger partial charge in [-0.15, -0.1) is 0 Å². The molecule has 4 nitrogen and oxygen atoms in total. The molecule has 3 aromatic heterocycles. The van der Waals surface area contributed by atoms with Crippen LogP contribution in [0, 0.1) is 0 Å². The molecule has 4 heteroatoms. The topological polar surface area (TPSA) is 35.6 Å². The molecule has 0 atom stereocenters. The standard InChI is InChI=1S/C55H38N4/c1-58-54-35-43(41-23-19-39(20-24-41)37-12-4-2-5-13-37)28-30-51(54)57-55(58)44-27-29-49-48-16-8-9-18-52(48)59(53(49)36-44)47-33-45(32-46(34-47)50-17-10-11-31-56-50)42-25-21-40(22-26-42)38-14-6-3-7-15-38/h2-36H,1H3. The van der Waals surface area contributed by atoms with Gasteiger partial charge < -0.3 is 9.13 Å². The lowest BCUT2D eigenvalue weighted by Gasteiger charge is -2.14. The van der Waals surface area contributed by atoms with Gasteiger partial charge in [0.15, 0.2) is 0 Å². The SMILES string of the molecule is Cn1c(-c2ccc3c4ccccc4n(-c4cc(-c5ccc(-c6ccccc6)cc5)cc(-c5ccccn5)c4)c3c2)nc2ccc(-c3ccc(-c4ccccc4)cc3)cc21. The third-order valence-electron chi connectivity index (χ3n) is 11.6. The Kier molecular flexibility index (Phi) is 8.34. The van der Waals surface area contributed by atoms with Crippen LogP contribution in [0.25, 0.3) is 106 Å². The van der Waals surface area contributed by atoms with Crippen molar-refractivity contribution in [2.45, 2.75) is 0 Å². The van der Waals surface area contributed by atoms with Crippen LogP contribution in [0.3, 0.4) is 0 Å². The van der Waals surface area contributed by atoms with Crippen molar-refractivity contribution >= 4 is 32.8 Å². The number of fused-ring (bicyclic) bond motifs is 4. The van der Waals surface area contributed by atoms with Crippen molar-refractivity contribution in [1.29, 1.82) is 0 Å². The summed E-state index contributed by atoms with van der Waals surface area (Å²) in [5.41, 5.74) is 17.9. The average Bonchev–Trinajstić information content (AvgIpc) is 3.83. The van der Waals surface area contributed by atoms with Crippen molar-refractivity contribution in [3.8, 4) is 72.8 Å². The Balaban J connectivity index is 1.03. The predicted octanol–water partition coefficient (Wildman–Crippen LogP) is 14.1. The van der Waals surface area contributed by atoms with Gasteiger partial charge in [-0.1, -0.05) is 152 Å². The van der Waals surface area contributed by atoms with Crippen molar-refractivity contribution < 1.29 is 0 Å². The van der Waals surface area contributed by atoms with Crippen LogP contribution in [0.15, 0.2) is 212 Å². The lowest BCUT2D eigenvalue weighted by atomic mass is 9.97. The fourth-order valence-corrected chi connectivity index (χ4v) is 8.58. The number of benzene rings is 8. The number of imidazole rings is 1. The van der Waals surface area contributed by atoms with Gasteiger partial charge in [0.25, 0.3) is 0 Å². The number of aromatic nitrogens is 4. The van der Waals surface area contributed by atoms with Gasteiger partial charge in [-0.05, 0) is 99.1 Å². The monoisotopic (exact) mass is 754 g/mol. The van der Waals surface area contributed by atoms with E-state index in [1.807, 2.05) is 12.3 Å². The van der Waals surface area contributed by atoms with Crippen LogP contribution in [0.4, 0.5) is 0 Å². The molecule has 0 saturated heterocycles. The molecule has 3 heterocycles. The van der Waals surface area contributed by atoms with Crippen molar-refractivity contribution in [2.75, 3.05) is 0 Å². The van der Waals surface area contributed by atoms with Crippen LogP contribution in [0.2, 0.25) is 0 Å². The fourth-order valence-electron chi connectivity index (χ4n) is 8.58. The Morgan fingerprint density at radius 1 is 0.356 bits per heavy atom. The highest BCUT2D eigenvalue weighted by atomic mass is 15.1. The minimum absolute atomic E-state index is 0.928. The Bertz CT molecular complexity index is 3290. The Labute approximate surface area is 343 Å². The van der Waals surface area contributed by atoms with Crippen molar-refractivity contribution in [2.24, 2.45) is 7.05 Å². The van der Waals surface area contributed by atoms with Crippen molar-refractivity contribution in [3.05, 3.63) is 212 Å². The maximum absolute atomic E-state index is 5.22. The first-order chi connectivity index (χ1) is 29.1. The largest absolute Gasteiger partial charge is 0.327 e. The summed E-state index contributed by atoms with van der Waals surface area (Å²) in [6.45, 7) is 0. The van der Waals surface area contributed by atoms with Gasteiger partial charge in [0.2, 0.25) is 0 Å². The number of nitrogens with zero attached hydrogens (tertiary/aromatic N) is 4. The molecule has 0 spiro atoms. The van der Waals surface area contributed by atoms with Gasteiger partial charge in [0, 0.05) is 40.8 Å². The van der Waals surface area contributed by atoms with Crippen molar-refractivity contribution in [1.82, 2.24) is 19.1 Å². The molecule has 0 fully saturated rings. The van der Waals surface area contributed by atoms with E-state index >= 15 is 0 Å². The number of aryl methyl sites for hydroxylation is 1. The van der Waals surface area contributed by atoms with E-state index in [2.05, 4.69) is 216 Å². The maximum Gasteiger partial charge on any atom is 0.140 e. The molecule has 0 unspecified atom stereocenters. The van der Waals surface area contributed by atoms with E-state index in [-0.39, 0.29) is 0 Å². The minimum atomic E-state index is 0.928. The number of rotatable bonds is 7. The zero-order valence-electron chi connectivity index (χ0n) is 32.5. The molecule has 0 bridgehead atoms. The van der Waals surface area contributed by atoms with Gasteiger partial charge in [-0.3, -0.25) is 4.98 Å². The second kappa shape index (κ2) is 14.3. The highest BCUT2D eigenvalue weighted by Crippen LogP contribution is 2.38. The van der Waals surface area contributed by atoms with Crippen LogP contribution >= 0.6 is 0 Å². The summed E-state index contributed by atoms with van der Waals surface area (Å²) in [7, 11) is 2.12. The Morgan fingerprint density at radius 3 is 1.56 bits per heavy atom. The molecule has 0 radical (unpaired) electrons. The van der Waals surface area contributed by atoms with Gasteiger partial charge >= 0.3 is 0 Å². The van der Waals surface area contributed by atoms with Crippen LogP contribution < -0.4 is 0 Å². The van der Waals surface area contributed by atoms with Gasteiger partial charge in [-0.2, -0.15) is 0 Å². The molecule has 8 aromatic carbocycles.